The van der Waals surface area contributed by atoms with Crippen LogP contribution in [0.2, 0.25) is 0 Å². The number of carboxylic acid groups (broad SMARTS) is 1. The van der Waals surface area contributed by atoms with Crippen molar-refractivity contribution in [2.24, 2.45) is 5.41 Å². The fourth-order valence-electron chi connectivity index (χ4n) is 2.57. The summed E-state index contributed by atoms with van der Waals surface area (Å²) in [6.45, 7) is 2.65. The van der Waals surface area contributed by atoms with Crippen LogP contribution in [0.1, 0.15) is 19.8 Å². The van der Waals surface area contributed by atoms with E-state index < -0.39 is 16.3 Å². The van der Waals surface area contributed by atoms with E-state index in [4.69, 9.17) is 4.74 Å². The van der Waals surface area contributed by atoms with Crippen molar-refractivity contribution in [3.8, 4) is 5.75 Å². The first-order chi connectivity index (χ1) is 9.89. The minimum Gasteiger partial charge on any atom is -0.490 e. The Morgan fingerprint density at radius 2 is 2.05 bits per heavy atom. The van der Waals surface area contributed by atoms with E-state index >= 15 is 0 Å². The first-order valence-electron chi connectivity index (χ1n) is 6.69. The Morgan fingerprint density at radius 1 is 1.43 bits per heavy atom. The molecule has 1 heterocycles. The predicted octanol–water partition coefficient (Wildman–Crippen LogP) is 2.29. The fourth-order valence-corrected chi connectivity index (χ4v) is 2.57. The SMILES string of the molecule is COc1cccc(N2CCC(C)(C(=O)O)CC2)c1[N+](=O)[O-]. The average molecular weight is 294 g/mol. The average Bonchev–Trinajstić information content (AvgIpc) is 2.47. The molecule has 0 radical (unpaired) electrons. The molecule has 1 aliphatic heterocycles. The number of para-hydroxylation sites is 1. The van der Waals surface area contributed by atoms with Gasteiger partial charge in [-0.1, -0.05) is 6.07 Å². The van der Waals surface area contributed by atoms with Crippen LogP contribution in [0.3, 0.4) is 0 Å². The predicted molar refractivity (Wildman–Crippen MR) is 76.8 cm³/mol. The van der Waals surface area contributed by atoms with Gasteiger partial charge in [-0.3, -0.25) is 14.9 Å². The maximum Gasteiger partial charge on any atom is 0.333 e. The van der Waals surface area contributed by atoms with E-state index in [9.17, 15) is 20.0 Å². The molecule has 1 saturated heterocycles. The lowest BCUT2D eigenvalue weighted by atomic mass is 9.80. The molecule has 0 aromatic heterocycles. The molecular formula is C14H18N2O5. The number of hydrogen-bond acceptors (Lipinski definition) is 5. The first-order valence-corrected chi connectivity index (χ1v) is 6.69. The molecule has 21 heavy (non-hydrogen) atoms. The highest BCUT2D eigenvalue weighted by molar-refractivity contribution is 5.75. The number of benzene rings is 1. The number of anilines is 1. The highest BCUT2D eigenvalue weighted by Crippen LogP contribution is 2.40. The highest BCUT2D eigenvalue weighted by Gasteiger charge is 2.38. The molecule has 1 N–H and O–H groups in total. The van der Waals surface area contributed by atoms with Crippen molar-refractivity contribution in [1.29, 1.82) is 0 Å². The zero-order valence-corrected chi connectivity index (χ0v) is 12.0. The number of nitrogens with zero attached hydrogens (tertiary/aromatic N) is 2. The number of nitro benzene ring substituents is 1. The number of rotatable bonds is 4. The molecule has 7 nitrogen and oxygen atoms in total. The van der Waals surface area contributed by atoms with Crippen molar-refractivity contribution in [3.63, 3.8) is 0 Å². The summed E-state index contributed by atoms with van der Waals surface area (Å²) in [5, 5.41) is 20.5. The van der Waals surface area contributed by atoms with Crippen LogP contribution in [0, 0.1) is 15.5 Å². The number of ether oxygens (including phenoxy) is 1. The lowest BCUT2D eigenvalue weighted by Gasteiger charge is -2.37. The summed E-state index contributed by atoms with van der Waals surface area (Å²) in [5.41, 5.74) is -0.352. The van der Waals surface area contributed by atoms with E-state index in [1.54, 1.807) is 25.1 Å². The van der Waals surface area contributed by atoms with Crippen LogP contribution in [0.15, 0.2) is 18.2 Å². The molecule has 1 aromatic carbocycles. The molecule has 0 aliphatic carbocycles. The van der Waals surface area contributed by atoms with Gasteiger partial charge in [0.1, 0.15) is 5.69 Å². The third-order valence-corrected chi connectivity index (χ3v) is 4.10. The molecule has 0 atom stereocenters. The lowest BCUT2D eigenvalue weighted by molar-refractivity contribution is -0.385. The second-order valence-corrected chi connectivity index (χ2v) is 5.44. The Balaban J connectivity index is 2.29. The van der Waals surface area contributed by atoms with Gasteiger partial charge in [0.25, 0.3) is 0 Å². The summed E-state index contributed by atoms with van der Waals surface area (Å²) in [6, 6.07) is 4.92. The molecule has 0 amide bonds. The zero-order valence-electron chi connectivity index (χ0n) is 12.0. The van der Waals surface area contributed by atoms with Crippen LogP contribution in [0.25, 0.3) is 0 Å². The Morgan fingerprint density at radius 3 is 2.52 bits per heavy atom. The lowest BCUT2D eigenvalue weighted by Crippen LogP contribution is -2.42. The van der Waals surface area contributed by atoms with Gasteiger partial charge >= 0.3 is 11.7 Å². The van der Waals surface area contributed by atoms with Crippen LogP contribution in [-0.4, -0.2) is 36.2 Å². The molecule has 1 fully saturated rings. The third kappa shape index (κ3) is 2.76. The number of hydrogen-bond donors (Lipinski definition) is 1. The smallest absolute Gasteiger partial charge is 0.333 e. The topological polar surface area (TPSA) is 92.9 Å². The van der Waals surface area contributed by atoms with E-state index in [0.717, 1.165) is 0 Å². The summed E-state index contributed by atoms with van der Waals surface area (Å²) >= 11 is 0. The summed E-state index contributed by atoms with van der Waals surface area (Å²) in [7, 11) is 1.39. The minimum absolute atomic E-state index is 0.0704. The third-order valence-electron chi connectivity index (χ3n) is 4.10. The number of methoxy groups -OCH3 is 1. The van der Waals surface area contributed by atoms with Crippen molar-refractivity contribution in [2.45, 2.75) is 19.8 Å². The number of aliphatic carboxylic acids is 1. The summed E-state index contributed by atoms with van der Waals surface area (Å²) < 4.78 is 5.05. The van der Waals surface area contributed by atoms with Crippen LogP contribution in [0.5, 0.6) is 5.75 Å². The number of carbonyl (C=O) groups is 1. The van der Waals surface area contributed by atoms with Gasteiger partial charge < -0.3 is 14.7 Å². The standard InChI is InChI=1S/C14H18N2O5/c1-14(13(17)18)6-8-15(9-7-14)10-4-3-5-11(21-2)12(10)16(19)20/h3-5H,6-9H2,1-2H3,(H,17,18). The van der Waals surface area contributed by atoms with E-state index in [-0.39, 0.29) is 11.4 Å². The number of nitro groups is 1. The van der Waals surface area contributed by atoms with Crippen molar-refractivity contribution in [3.05, 3.63) is 28.3 Å². The molecule has 0 unspecified atom stereocenters. The molecule has 0 saturated carbocycles. The Labute approximate surface area is 122 Å². The van der Waals surface area contributed by atoms with E-state index in [1.807, 2.05) is 4.90 Å². The molecule has 1 aromatic rings. The van der Waals surface area contributed by atoms with Gasteiger partial charge in [0.15, 0.2) is 5.75 Å². The summed E-state index contributed by atoms with van der Waals surface area (Å²) in [6.07, 6.45) is 0.910. The van der Waals surface area contributed by atoms with Gasteiger partial charge in [0.2, 0.25) is 0 Å². The Kier molecular flexibility index (Phi) is 4.02. The van der Waals surface area contributed by atoms with Crippen LogP contribution in [0.4, 0.5) is 11.4 Å². The first kappa shape index (κ1) is 15.1. The summed E-state index contributed by atoms with van der Waals surface area (Å²) in [4.78, 5) is 23.9. The zero-order chi connectivity index (χ0) is 15.6. The second kappa shape index (κ2) is 5.59. The van der Waals surface area contributed by atoms with E-state index in [2.05, 4.69) is 0 Å². The van der Waals surface area contributed by atoms with Crippen molar-refractivity contribution in [2.75, 3.05) is 25.1 Å². The largest absolute Gasteiger partial charge is 0.490 e. The van der Waals surface area contributed by atoms with Crippen molar-refractivity contribution >= 4 is 17.3 Å². The Bertz CT molecular complexity index is 564. The van der Waals surface area contributed by atoms with Gasteiger partial charge in [0.05, 0.1) is 17.4 Å². The molecule has 1 aliphatic rings. The molecule has 0 spiro atoms. The second-order valence-electron chi connectivity index (χ2n) is 5.44. The minimum atomic E-state index is -0.817. The number of carboxylic acids is 1. The van der Waals surface area contributed by atoms with Crippen LogP contribution in [-0.2, 0) is 4.79 Å². The van der Waals surface area contributed by atoms with Gasteiger partial charge in [-0.05, 0) is 31.9 Å². The molecule has 7 heteroatoms. The molecular weight excluding hydrogens is 276 g/mol. The van der Waals surface area contributed by atoms with Gasteiger partial charge in [-0.2, -0.15) is 0 Å². The van der Waals surface area contributed by atoms with Crippen LogP contribution >= 0.6 is 0 Å². The molecule has 2 rings (SSSR count). The van der Waals surface area contributed by atoms with Crippen molar-refractivity contribution < 1.29 is 19.6 Å². The van der Waals surface area contributed by atoms with Gasteiger partial charge in [0, 0.05) is 13.1 Å². The quantitative estimate of drug-likeness (QED) is 0.676. The normalized spacial score (nSPS) is 17.3. The monoisotopic (exact) mass is 294 g/mol. The van der Waals surface area contributed by atoms with Crippen LogP contribution < -0.4 is 9.64 Å². The maximum absolute atomic E-state index is 11.3. The Hall–Kier alpha value is -2.31. The summed E-state index contributed by atoms with van der Waals surface area (Å²) in [5.74, 6) is -0.605. The van der Waals surface area contributed by atoms with Gasteiger partial charge in [-0.15, -0.1) is 0 Å². The number of piperidine rings is 1. The van der Waals surface area contributed by atoms with Crippen molar-refractivity contribution in [1.82, 2.24) is 0 Å². The maximum atomic E-state index is 11.3. The highest BCUT2D eigenvalue weighted by atomic mass is 16.6. The fraction of sp³-hybridized carbons (Fsp3) is 0.500. The van der Waals surface area contributed by atoms with E-state index in [1.165, 1.54) is 7.11 Å². The van der Waals surface area contributed by atoms with Gasteiger partial charge in [-0.25, -0.2) is 0 Å². The van der Waals surface area contributed by atoms with E-state index in [0.29, 0.717) is 31.6 Å². The molecule has 0 bridgehead atoms. The molecule has 114 valence electrons.